The number of hydrogen-bond acceptors (Lipinski definition) is 7. The number of likely N-dealkylation sites (N-methyl/N-ethyl adjacent to an activating group) is 1. The average molecular weight is 371 g/mol. The van der Waals surface area contributed by atoms with E-state index in [0.29, 0.717) is 17.9 Å². The van der Waals surface area contributed by atoms with Crippen molar-refractivity contribution < 1.29 is 9.15 Å². The van der Waals surface area contributed by atoms with E-state index in [2.05, 4.69) is 31.9 Å². The molecule has 3 heterocycles. The van der Waals surface area contributed by atoms with Crippen molar-refractivity contribution in [2.24, 2.45) is 0 Å². The van der Waals surface area contributed by atoms with E-state index in [4.69, 9.17) is 9.15 Å². The quantitative estimate of drug-likeness (QED) is 0.817. The molecular formula is C20H29N5O2. The predicted octanol–water partition coefficient (Wildman–Crippen LogP) is 2.27. The molecule has 2 aliphatic rings. The van der Waals surface area contributed by atoms with Gasteiger partial charge in [-0.3, -0.25) is 4.90 Å². The molecule has 0 atom stereocenters. The van der Waals surface area contributed by atoms with Gasteiger partial charge in [0.2, 0.25) is 5.89 Å². The molecule has 2 saturated heterocycles. The number of piperidine rings is 1. The van der Waals surface area contributed by atoms with Crippen molar-refractivity contribution in [3.63, 3.8) is 0 Å². The van der Waals surface area contributed by atoms with Gasteiger partial charge >= 0.3 is 6.01 Å². The molecular weight excluding hydrogens is 342 g/mol. The summed E-state index contributed by atoms with van der Waals surface area (Å²) < 4.78 is 11.4. The van der Waals surface area contributed by atoms with E-state index < -0.39 is 0 Å². The van der Waals surface area contributed by atoms with Crippen molar-refractivity contribution in [1.82, 2.24) is 20.0 Å². The number of benzene rings is 1. The molecule has 0 saturated carbocycles. The highest BCUT2D eigenvalue weighted by Crippen LogP contribution is 2.29. The second-order valence-corrected chi connectivity index (χ2v) is 7.63. The van der Waals surface area contributed by atoms with Crippen LogP contribution in [0.15, 0.2) is 22.6 Å². The lowest BCUT2D eigenvalue weighted by Gasteiger charge is -2.41. The molecule has 0 aliphatic carbocycles. The molecule has 2 aromatic rings. The Balaban J connectivity index is 1.38. The molecule has 27 heavy (non-hydrogen) atoms. The van der Waals surface area contributed by atoms with E-state index >= 15 is 0 Å². The van der Waals surface area contributed by atoms with Gasteiger partial charge in [0.05, 0.1) is 7.11 Å². The summed E-state index contributed by atoms with van der Waals surface area (Å²) in [4.78, 5) is 7.27. The molecule has 0 N–H and O–H groups in total. The minimum atomic E-state index is 0.546. The molecule has 7 heteroatoms. The summed E-state index contributed by atoms with van der Waals surface area (Å²) in [6, 6.07) is 7.26. The van der Waals surface area contributed by atoms with Gasteiger partial charge in [0.25, 0.3) is 0 Å². The van der Waals surface area contributed by atoms with Crippen LogP contribution in [0.25, 0.3) is 11.5 Å². The smallest absolute Gasteiger partial charge is 0.318 e. The maximum Gasteiger partial charge on any atom is 0.318 e. The summed E-state index contributed by atoms with van der Waals surface area (Å²) in [5.41, 5.74) is 1.98. The van der Waals surface area contributed by atoms with Gasteiger partial charge in [0.15, 0.2) is 0 Å². The monoisotopic (exact) mass is 371 g/mol. The first-order chi connectivity index (χ1) is 13.1. The first-order valence-electron chi connectivity index (χ1n) is 9.80. The highest BCUT2D eigenvalue weighted by Gasteiger charge is 2.28. The molecule has 146 valence electrons. The largest absolute Gasteiger partial charge is 0.496 e. The van der Waals surface area contributed by atoms with Crippen LogP contribution in [0.3, 0.4) is 0 Å². The number of piperazine rings is 1. The van der Waals surface area contributed by atoms with E-state index in [1.807, 2.05) is 25.1 Å². The van der Waals surface area contributed by atoms with Crippen molar-refractivity contribution in [2.75, 3.05) is 58.3 Å². The lowest BCUT2D eigenvalue weighted by molar-refractivity contribution is 0.0976. The SMILES string of the molecule is COc1cc(-c2nnc(N3CCC(N4CCN(C)CC4)CC3)o2)ccc1C. The molecule has 0 bridgehead atoms. The molecule has 7 nitrogen and oxygen atoms in total. The molecule has 1 aromatic heterocycles. The van der Waals surface area contributed by atoms with Crippen LogP contribution in [0.4, 0.5) is 6.01 Å². The van der Waals surface area contributed by atoms with Crippen molar-refractivity contribution in [3.8, 4) is 17.2 Å². The Morgan fingerprint density at radius 2 is 1.78 bits per heavy atom. The molecule has 0 unspecified atom stereocenters. The van der Waals surface area contributed by atoms with Crippen LogP contribution in [0.5, 0.6) is 5.75 Å². The third-order valence-corrected chi connectivity index (χ3v) is 5.86. The highest BCUT2D eigenvalue weighted by molar-refractivity contribution is 5.58. The maximum atomic E-state index is 5.97. The number of nitrogens with zero attached hydrogens (tertiary/aromatic N) is 5. The van der Waals surface area contributed by atoms with Gasteiger partial charge in [0.1, 0.15) is 5.75 Å². The van der Waals surface area contributed by atoms with Gasteiger partial charge in [0, 0.05) is 50.9 Å². The molecule has 2 fully saturated rings. The number of ether oxygens (including phenoxy) is 1. The van der Waals surface area contributed by atoms with Crippen LogP contribution in [0, 0.1) is 6.92 Å². The first-order valence-corrected chi connectivity index (χ1v) is 9.80. The zero-order chi connectivity index (χ0) is 18.8. The second kappa shape index (κ2) is 7.86. The molecule has 2 aliphatic heterocycles. The summed E-state index contributed by atoms with van der Waals surface area (Å²) in [6.45, 7) is 8.67. The second-order valence-electron chi connectivity index (χ2n) is 7.63. The molecule has 0 amide bonds. The Hall–Kier alpha value is -2.12. The third kappa shape index (κ3) is 3.94. The van der Waals surface area contributed by atoms with Crippen LogP contribution in [0.1, 0.15) is 18.4 Å². The molecule has 0 radical (unpaired) electrons. The topological polar surface area (TPSA) is 57.9 Å². The number of aromatic nitrogens is 2. The first kappa shape index (κ1) is 18.3. The van der Waals surface area contributed by atoms with Gasteiger partial charge in [-0.05, 0) is 44.5 Å². The van der Waals surface area contributed by atoms with Crippen LogP contribution >= 0.6 is 0 Å². The fourth-order valence-electron chi connectivity index (χ4n) is 4.02. The molecule has 4 rings (SSSR count). The standard InChI is InChI=1S/C20H29N5O2/c1-15-4-5-16(14-18(15)26-3)19-21-22-20(27-19)25-8-6-17(7-9-25)24-12-10-23(2)11-13-24/h4-5,14,17H,6-13H2,1-3H3. The lowest BCUT2D eigenvalue weighted by atomic mass is 10.0. The fourth-order valence-corrected chi connectivity index (χ4v) is 4.02. The van der Waals surface area contributed by atoms with E-state index in [0.717, 1.165) is 42.8 Å². The summed E-state index contributed by atoms with van der Waals surface area (Å²) in [7, 11) is 3.88. The van der Waals surface area contributed by atoms with Gasteiger partial charge in [-0.2, -0.15) is 0 Å². The normalized spacial score (nSPS) is 20.2. The summed E-state index contributed by atoms with van der Waals surface area (Å²) in [6.07, 6.45) is 2.31. The van der Waals surface area contributed by atoms with Crippen molar-refractivity contribution in [3.05, 3.63) is 23.8 Å². The number of hydrogen-bond donors (Lipinski definition) is 0. The van der Waals surface area contributed by atoms with E-state index in [1.54, 1.807) is 7.11 Å². The van der Waals surface area contributed by atoms with Crippen molar-refractivity contribution >= 4 is 6.01 Å². The van der Waals surface area contributed by atoms with Gasteiger partial charge in [-0.15, -0.1) is 5.10 Å². The van der Waals surface area contributed by atoms with E-state index in [-0.39, 0.29) is 0 Å². The minimum Gasteiger partial charge on any atom is -0.496 e. The highest BCUT2D eigenvalue weighted by atomic mass is 16.5. The number of aryl methyl sites for hydroxylation is 1. The number of methoxy groups -OCH3 is 1. The van der Waals surface area contributed by atoms with Crippen LogP contribution in [-0.2, 0) is 0 Å². The van der Waals surface area contributed by atoms with Gasteiger partial charge in [-0.25, -0.2) is 0 Å². The Labute approximate surface area is 160 Å². The van der Waals surface area contributed by atoms with Gasteiger partial charge in [-0.1, -0.05) is 11.2 Å². The molecule has 1 aromatic carbocycles. The van der Waals surface area contributed by atoms with Crippen molar-refractivity contribution in [1.29, 1.82) is 0 Å². The zero-order valence-electron chi connectivity index (χ0n) is 16.5. The van der Waals surface area contributed by atoms with Crippen LogP contribution < -0.4 is 9.64 Å². The molecule has 0 spiro atoms. The fraction of sp³-hybridized carbons (Fsp3) is 0.600. The summed E-state index contributed by atoms with van der Waals surface area (Å²) in [5.74, 6) is 1.38. The van der Waals surface area contributed by atoms with Gasteiger partial charge < -0.3 is 19.0 Å². The predicted molar refractivity (Wildman–Crippen MR) is 105 cm³/mol. The minimum absolute atomic E-state index is 0.546. The van der Waals surface area contributed by atoms with E-state index in [9.17, 15) is 0 Å². The Bertz CT molecular complexity index is 761. The Morgan fingerprint density at radius 1 is 1.04 bits per heavy atom. The zero-order valence-corrected chi connectivity index (χ0v) is 16.5. The lowest BCUT2D eigenvalue weighted by Crippen LogP contribution is -2.52. The summed E-state index contributed by atoms with van der Waals surface area (Å²) in [5, 5.41) is 8.54. The number of rotatable bonds is 4. The Morgan fingerprint density at radius 3 is 2.48 bits per heavy atom. The maximum absolute atomic E-state index is 5.97. The van der Waals surface area contributed by atoms with E-state index in [1.165, 1.54) is 26.2 Å². The summed E-state index contributed by atoms with van der Waals surface area (Å²) >= 11 is 0. The Kier molecular flexibility index (Phi) is 5.31. The number of anilines is 1. The van der Waals surface area contributed by atoms with Crippen LogP contribution in [0.2, 0.25) is 0 Å². The third-order valence-electron chi connectivity index (χ3n) is 5.86. The van der Waals surface area contributed by atoms with Crippen LogP contribution in [-0.4, -0.2) is 79.5 Å². The average Bonchev–Trinajstić information content (AvgIpc) is 3.19. The van der Waals surface area contributed by atoms with Crippen molar-refractivity contribution in [2.45, 2.75) is 25.8 Å².